The SMILES string of the molecule is Cn1cc(B2OC(C)(C)C(C)(C)O2)cc1-c1ccccc1. The molecule has 0 radical (unpaired) electrons. The molecule has 1 aromatic carbocycles. The summed E-state index contributed by atoms with van der Waals surface area (Å²) in [5.41, 5.74) is 2.82. The van der Waals surface area contributed by atoms with Crippen molar-refractivity contribution in [2.45, 2.75) is 38.9 Å². The maximum absolute atomic E-state index is 6.12. The fourth-order valence-corrected chi connectivity index (χ4v) is 2.59. The summed E-state index contributed by atoms with van der Waals surface area (Å²) in [6, 6.07) is 12.5. The van der Waals surface area contributed by atoms with Crippen molar-refractivity contribution in [1.29, 1.82) is 0 Å². The van der Waals surface area contributed by atoms with Gasteiger partial charge in [0.1, 0.15) is 0 Å². The van der Waals surface area contributed by atoms with E-state index in [1.54, 1.807) is 0 Å². The minimum absolute atomic E-state index is 0.305. The van der Waals surface area contributed by atoms with Crippen molar-refractivity contribution in [3.8, 4) is 11.3 Å². The lowest BCUT2D eigenvalue weighted by molar-refractivity contribution is 0.00578. The number of aryl methyl sites for hydroxylation is 1. The quantitative estimate of drug-likeness (QED) is 0.791. The van der Waals surface area contributed by atoms with E-state index in [0.29, 0.717) is 0 Å². The van der Waals surface area contributed by atoms with Gasteiger partial charge in [0, 0.05) is 24.4 Å². The summed E-state index contributed by atoms with van der Waals surface area (Å²) in [5.74, 6) is 0. The predicted octanol–water partition coefficient (Wildman–Crippen LogP) is 2.99. The third-order valence-electron chi connectivity index (χ3n) is 4.62. The van der Waals surface area contributed by atoms with Crippen LogP contribution in [0.4, 0.5) is 0 Å². The van der Waals surface area contributed by atoms with Gasteiger partial charge in [-0.1, -0.05) is 30.3 Å². The van der Waals surface area contributed by atoms with E-state index in [4.69, 9.17) is 9.31 Å². The third-order valence-corrected chi connectivity index (χ3v) is 4.62. The average Bonchev–Trinajstić information content (AvgIpc) is 2.89. The summed E-state index contributed by atoms with van der Waals surface area (Å²) in [6.07, 6.45) is 2.09. The molecule has 4 heteroatoms. The van der Waals surface area contributed by atoms with E-state index in [-0.39, 0.29) is 18.3 Å². The molecule has 0 amide bonds. The molecule has 1 aliphatic rings. The molecule has 0 N–H and O–H groups in total. The molecule has 21 heavy (non-hydrogen) atoms. The van der Waals surface area contributed by atoms with Crippen LogP contribution in [0.3, 0.4) is 0 Å². The van der Waals surface area contributed by atoms with Crippen LogP contribution in [0.5, 0.6) is 0 Å². The smallest absolute Gasteiger partial charge is 0.399 e. The van der Waals surface area contributed by atoms with Gasteiger partial charge in [0.15, 0.2) is 0 Å². The van der Waals surface area contributed by atoms with Crippen LogP contribution < -0.4 is 5.46 Å². The molecule has 0 atom stereocenters. The molecule has 0 unspecified atom stereocenters. The van der Waals surface area contributed by atoms with E-state index in [0.717, 1.165) is 5.46 Å². The van der Waals surface area contributed by atoms with Crippen LogP contribution in [-0.2, 0) is 16.4 Å². The lowest BCUT2D eigenvalue weighted by atomic mass is 9.81. The van der Waals surface area contributed by atoms with E-state index >= 15 is 0 Å². The zero-order valence-corrected chi connectivity index (χ0v) is 13.4. The molecule has 1 aliphatic heterocycles. The van der Waals surface area contributed by atoms with Gasteiger partial charge in [-0.15, -0.1) is 0 Å². The lowest BCUT2D eigenvalue weighted by Crippen LogP contribution is -2.41. The highest BCUT2D eigenvalue weighted by atomic mass is 16.7. The average molecular weight is 283 g/mol. The Kier molecular flexibility index (Phi) is 3.26. The predicted molar refractivity (Wildman–Crippen MR) is 86.6 cm³/mol. The first kappa shape index (κ1) is 14.4. The van der Waals surface area contributed by atoms with Gasteiger partial charge in [-0.05, 0) is 39.3 Å². The molecule has 1 aromatic heterocycles. The Morgan fingerprint density at radius 2 is 1.52 bits per heavy atom. The molecule has 0 saturated carbocycles. The zero-order chi connectivity index (χ0) is 15.3. The molecule has 0 bridgehead atoms. The van der Waals surface area contributed by atoms with E-state index in [2.05, 4.69) is 75.8 Å². The fourth-order valence-electron chi connectivity index (χ4n) is 2.59. The number of nitrogens with zero attached hydrogens (tertiary/aromatic N) is 1. The fraction of sp³-hybridized carbons (Fsp3) is 0.412. The number of hydrogen-bond donors (Lipinski definition) is 0. The van der Waals surface area contributed by atoms with Crippen molar-refractivity contribution in [1.82, 2.24) is 4.57 Å². The van der Waals surface area contributed by atoms with Gasteiger partial charge >= 0.3 is 7.12 Å². The molecule has 2 heterocycles. The Morgan fingerprint density at radius 3 is 2.10 bits per heavy atom. The van der Waals surface area contributed by atoms with Crippen molar-refractivity contribution in [3.63, 3.8) is 0 Å². The molecular formula is C17H22BNO2. The van der Waals surface area contributed by atoms with Crippen LogP contribution in [0.1, 0.15) is 27.7 Å². The van der Waals surface area contributed by atoms with Gasteiger partial charge in [-0.3, -0.25) is 0 Å². The Balaban J connectivity index is 1.93. The maximum atomic E-state index is 6.12. The highest BCUT2D eigenvalue weighted by Crippen LogP contribution is 2.36. The van der Waals surface area contributed by atoms with Gasteiger partial charge in [-0.25, -0.2) is 0 Å². The van der Waals surface area contributed by atoms with Crippen molar-refractivity contribution in [2.24, 2.45) is 7.05 Å². The van der Waals surface area contributed by atoms with Crippen LogP contribution in [-0.4, -0.2) is 22.9 Å². The van der Waals surface area contributed by atoms with E-state index < -0.39 is 0 Å². The molecule has 2 aromatic rings. The Morgan fingerprint density at radius 1 is 0.952 bits per heavy atom. The Bertz CT molecular complexity index is 630. The van der Waals surface area contributed by atoms with Gasteiger partial charge in [-0.2, -0.15) is 0 Å². The largest absolute Gasteiger partial charge is 0.496 e. The highest BCUT2D eigenvalue weighted by Gasteiger charge is 2.52. The first-order chi connectivity index (χ1) is 9.80. The summed E-state index contributed by atoms with van der Waals surface area (Å²) in [6.45, 7) is 8.31. The van der Waals surface area contributed by atoms with Crippen molar-refractivity contribution in [3.05, 3.63) is 42.6 Å². The Hall–Kier alpha value is -1.52. The topological polar surface area (TPSA) is 23.4 Å². The summed E-state index contributed by atoms with van der Waals surface area (Å²) < 4.78 is 14.4. The number of hydrogen-bond acceptors (Lipinski definition) is 2. The van der Waals surface area contributed by atoms with Gasteiger partial charge in [0.2, 0.25) is 0 Å². The lowest BCUT2D eigenvalue weighted by Gasteiger charge is -2.32. The maximum Gasteiger partial charge on any atom is 0.496 e. The van der Waals surface area contributed by atoms with E-state index in [1.165, 1.54) is 11.3 Å². The second-order valence-electron chi connectivity index (χ2n) is 6.72. The molecule has 3 nitrogen and oxygen atoms in total. The first-order valence-electron chi connectivity index (χ1n) is 7.37. The first-order valence-corrected chi connectivity index (χ1v) is 7.37. The Labute approximate surface area is 127 Å². The molecule has 1 fully saturated rings. The molecule has 1 saturated heterocycles. The summed E-state index contributed by atoms with van der Waals surface area (Å²) in [7, 11) is 1.75. The van der Waals surface area contributed by atoms with Crippen LogP contribution >= 0.6 is 0 Å². The van der Waals surface area contributed by atoms with Crippen molar-refractivity contribution in [2.75, 3.05) is 0 Å². The molecule has 110 valence electrons. The van der Waals surface area contributed by atoms with Gasteiger partial charge in [0.05, 0.1) is 11.2 Å². The highest BCUT2D eigenvalue weighted by molar-refractivity contribution is 6.62. The van der Waals surface area contributed by atoms with E-state index in [1.807, 2.05) is 6.07 Å². The molecule has 0 aliphatic carbocycles. The molecule has 0 spiro atoms. The molecular weight excluding hydrogens is 261 g/mol. The monoisotopic (exact) mass is 283 g/mol. The van der Waals surface area contributed by atoms with Crippen LogP contribution in [0.25, 0.3) is 11.3 Å². The number of rotatable bonds is 2. The second-order valence-corrected chi connectivity index (χ2v) is 6.72. The second kappa shape index (κ2) is 4.75. The van der Waals surface area contributed by atoms with Crippen molar-refractivity contribution >= 4 is 12.6 Å². The van der Waals surface area contributed by atoms with Crippen LogP contribution in [0.15, 0.2) is 42.6 Å². The number of benzene rings is 1. The normalized spacial score (nSPS) is 20.0. The summed E-state index contributed by atoms with van der Waals surface area (Å²) >= 11 is 0. The van der Waals surface area contributed by atoms with E-state index in [9.17, 15) is 0 Å². The van der Waals surface area contributed by atoms with Gasteiger partial charge in [0.25, 0.3) is 0 Å². The molecule has 3 rings (SSSR count). The van der Waals surface area contributed by atoms with Crippen molar-refractivity contribution < 1.29 is 9.31 Å². The summed E-state index contributed by atoms with van der Waals surface area (Å²) in [5, 5.41) is 0. The van der Waals surface area contributed by atoms with Crippen LogP contribution in [0.2, 0.25) is 0 Å². The third kappa shape index (κ3) is 2.43. The summed E-state index contributed by atoms with van der Waals surface area (Å²) in [4.78, 5) is 0. The van der Waals surface area contributed by atoms with Crippen LogP contribution in [0, 0.1) is 0 Å². The minimum atomic E-state index is -0.307. The zero-order valence-electron chi connectivity index (χ0n) is 13.4. The standard InChI is InChI=1S/C17H22BNO2/c1-16(2)17(3,4)21-18(20-16)14-11-15(19(5)12-14)13-9-7-6-8-10-13/h6-12H,1-5H3. The van der Waals surface area contributed by atoms with Gasteiger partial charge < -0.3 is 13.9 Å². The number of aromatic nitrogens is 1. The minimum Gasteiger partial charge on any atom is -0.399 e.